The number of nitrogens with zero attached hydrogens (tertiary/aromatic N) is 2. The fourth-order valence-corrected chi connectivity index (χ4v) is 4.59. The number of fused-ring (bicyclic) bond motifs is 3. The molecule has 140 valence electrons. The van der Waals surface area contributed by atoms with E-state index in [-0.39, 0.29) is 17.5 Å². The van der Waals surface area contributed by atoms with E-state index in [2.05, 4.69) is 41.2 Å². The number of H-pyrrole nitrogens is 1. The summed E-state index contributed by atoms with van der Waals surface area (Å²) in [6.45, 7) is 8.36. The van der Waals surface area contributed by atoms with Crippen LogP contribution in [-0.2, 0) is 4.74 Å². The SMILES string of the molecule is CCC(C)(C)N1[C@@H]2COC[C@H]1CC(NC(=O)c1n[nH]c3ccccc13)C2. The molecule has 2 bridgehead atoms. The van der Waals surface area contributed by atoms with Crippen molar-refractivity contribution in [2.45, 2.75) is 63.7 Å². The molecule has 1 aromatic heterocycles. The molecule has 6 heteroatoms. The Morgan fingerprint density at radius 2 is 2.00 bits per heavy atom. The van der Waals surface area contributed by atoms with Crippen LogP contribution in [0.1, 0.15) is 50.5 Å². The van der Waals surface area contributed by atoms with Crippen LogP contribution in [0.4, 0.5) is 0 Å². The molecule has 2 N–H and O–H groups in total. The van der Waals surface area contributed by atoms with Crippen LogP contribution in [0.25, 0.3) is 10.9 Å². The van der Waals surface area contributed by atoms with Crippen LogP contribution in [-0.4, -0.2) is 57.9 Å². The van der Waals surface area contributed by atoms with Gasteiger partial charge in [-0.3, -0.25) is 14.8 Å². The summed E-state index contributed by atoms with van der Waals surface area (Å²) in [7, 11) is 0. The van der Waals surface area contributed by atoms with Crippen molar-refractivity contribution >= 4 is 16.8 Å². The minimum absolute atomic E-state index is 0.0883. The van der Waals surface area contributed by atoms with E-state index >= 15 is 0 Å². The van der Waals surface area contributed by atoms with E-state index < -0.39 is 0 Å². The molecular weight excluding hydrogens is 328 g/mol. The Morgan fingerprint density at radius 3 is 2.69 bits per heavy atom. The Balaban J connectivity index is 1.49. The van der Waals surface area contributed by atoms with Crippen LogP contribution >= 0.6 is 0 Å². The number of rotatable bonds is 4. The van der Waals surface area contributed by atoms with Crippen molar-refractivity contribution in [3.63, 3.8) is 0 Å². The molecule has 1 unspecified atom stereocenters. The molecule has 4 rings (SSSR count). The van der Waals surface area contributed by atoms with Crippen molar-refractivity contribution < 1.29 is 9.53 Å². The second-order valence-electron chi connectivity index (χ2n) is 8.18. The van der Waals surface area contributed by atoms with Crippen molar-refractivity contribution in [2.24, 2.45) is 0 Å². The van der Waals surface area contributed by atoms with Gasteiger partial charge in [0.1, 0.15) is 0 Å². The second kappa shape index (κ2) is 6.67. The molecule has 0 aliphatic carbocycles. The molecule has 0 radical (unpaired) electrons. The molecule has 2 fully saturated rings. The first-order chi connectivity index (χ1) is 12.5. The van der Waals surface area contributed by atoms with Crippen molar-refractivity contribution in [2.75, 3.05) is 13.2 Å². The van der Waals surface area contributed by atoms with Gasteiger partial charge >= 0.3 is 0 Å². The third kappa shape index (κ3) is 3.01. The maximum Gasteiger partial charge on any atom is 0.272 e. The number of hydrogen-bond acceptors (Lipinski definition) is 4. The maximum atomic E-state index is 12.8. The number of carbonyl (C=O) groups is 1. The molecule has 0 saturated carbocycles. The van der Waals surface area contributed by atoms with E-state index in [1.54, 1.807) is 0 Å². The summed E-state index contributed by atoms with van der Waals surface area (Å²) in [5.74, 6) is -0.0883. The molecule has 3 atom stereocenters. The van der Waals surface area contributed by atoms with Gasteiger partial charge in [0.2, 0.25) is 0 Å². The van der Waals surface area contributed by atoms with Crippen LogP contribution in [0.5, 0.6) is 0 Å². The van der Waals surface area contributed by atoms with Gasteiger partial charge in [0.05, 0.1) is 18.7 Å². The topological polar surface area (TPSA) is 70.2 Å². The summed E-state index contributed by atoms with van der Waals surface area (Å²) >= 11 is 0. The molecule has 3 heterocycles. The Kier molecular flexibility index (Phi) is 4.49. The first-order valence-electron chi connectivity index (χ1n) is 9.59. The number of nitrogens with one attached hydrogen (secondary N) is 2. The highest BCUT2D eigenvalue weighted by molar-refractivity contribution is 6.04. The molecule has 2 saturated heterocycles. The number of amides is 1. The van der Waals surface area contributed by atoms with Crippen LogP contribution in [0.3, 0.4) is 0 Å². The van der Waals surface area contributed by atoms with E-state index in [4.69, 9.17) is 4.74 Å². The highest BCUT2D eigenvalue weighted by Crippen LogP contribution is 2.35. The summed E-state index contributed by atoms with van der Waals surface area (Å²) in [5, 5.41) is 11.3. The number of aromatic nitrogens is 2. The third-order valence-electron chi connectivity index (χ3n) is 6.11. The minimum Gasteiger partial charge on any atom is -0.378 e. The van der Waals surface area contributed by atoms with Crippen LogP contribution in [0.15, 0.2) is 24.3 Å². The van der Waals surface area contributed by atoms with Gasteiger partial charge in [-0.1, -0.05) is 25.1 Å². The first-order valence-corrected chi connectivity index (χ1v) is 9.59. The molecular formula is C20H28N4O2. The van der Waals surface area contributed by atoms with Crippen LogP contribution in [0.2, 0.25) is 0 Å². The summed E-state index contributed by atoms with van der Waals surface area (Å²) < 4.78 is 5.82. The van der Waals surface area contributed by atoms with Gasteiger partial charge in [0.25, 0.3) is 5.91 Å². The largest absolute Gasteiger partial charge is 0.378 e. The molecule has 2 aliphatic heterocycles. The number of aromatic amines is 1. The Bertz CT molecular complexity index is 786. The minimum atomic E-state index is -0.0883. The van der Waals surface area contributed by atoms with Gasteiger partial charge in [-0.05, 0) is 39.2 Å². The maximum absolute atomic E-state index is 12.8. The van der Waals surface area contributed by atoms with E-state index in [1.807, 2.05) is 24.3 Å². The fourth-order valence-electron chi connectivity index (χ4n) is 4.59. The molecule has 6 nitrogen and oxygen atoms in total. The monoisotopic (exact) mass is 356 g/mol. The third-order valence-corrected chi connectivity index (χ3v) is 6.11. The number of benzene rings is 1. The van der Waals surface area contributed by atoms with E-state index in [9.17, 15) is 4.79 Å². The van der Waals surface area contributed by atoms with Crippen LogP contribution in [0, 0.1) is 0 Å². The average Bonchev–Trinajstić information content (AvgIpc) is 3.05. The summed E-state index contributed by atoms with van der Waals surface area (Å²) in [6.07, 6.45) is 2.96. The normalized spacial score (nSPS) is 26.8. The number of morpholine rings is 1. The zero-order chi connectivity index (χ0) is 18.3. The lowest BCUT2D eigenvalue weighted by Gasteiger charge is -2.55. The Hall–Kier alpha value is -1.92. The number of para-hydroxylation sites is 1. The van der Waals surface area contributed by atoms with Crippen molar-refractivity contribution in [3.05, 3.63) is 30.0 Å². The molecule has 1 aromatic carbocycles. The summed E-state index contributed by atoms with van der Waals surface area (Å²) in [5.41, 5.74) is 1.53. The zero-order valence-corrected chi connectivity index (χ0v) is 15.8. The first kappa shape index (κ1) is 17.5. The van der Waals surface area contributed by atoms with Gasteiger partial charge in [-0.2, -0.15) is 5.10 Å². The molecule has 2 aliphatic rings. The molecule has 2 aromatic rings. The summed E-state index contributed by atoms with van der Waals surface area (Å²) in [4.78, 5) is 15.4. The fraction of sp³-hybridized carbons (Fsp3) is 0.600. The number of hydrogen-bond donors (Lipinski definition) is 2. The van der Waals surface area contributed by atoms with Gasteiger partial charge < -0.3 is 10.1 Å². The van der Waals surface area contributed by atoms with Crippen molar-refractivity contribution in [3.8, 4) is 0 Å². The highest BCUT2D eigenvalue weighted by Gasteiger charge is 2.45. The van der Waals surface area contributed by atoms with E-state index in [0.717, 1.165) is 43.4 Å². The number of piperidine rings is 1. The lowest BCUT2D eigenvalue weighted by atomic mass is 9.84. The predicted octanol–water partition coefficient (Wildman–Crippen LogP) is 2.71. The highest BCUT2D eigenvalue weighted by atomic mass is 16.5. The molecule has 1 amide bonds. The Labute approximate surface area is 154 Å². The number of carbonyl (C=O) groups excluding carboxylic acids is 1. The zero-order valence-electron chi connectivity index (χ0n) is 15.8. The van der Waals surface area contributed by atoms with Crippen LogP contribution < -0.4 is 5.32 Å². The molecule has 26 heavy (non-hydrogen) atoms. The predicted molar refractivity (Wildman–Crippen MR) is 101 cm³/mol. The van der Waals surface area contributed by atoms with Crippen molar-refractivity contribution in [1.29, 1.82) is 0 Å². The van der Waals surface area contributed by atoms with Gasteiger partial charge in [-0.15, -0.1) is 0 Å². The lowest BCUT2D eigenvalue weighted by molar-refractivity contribution is -0.123. The van der Waals surface area contributed by atoms with Gasteiger partial charge in [0, 0.05) is 29.1 Å². The van der Waals surface area contributed by atoms with Crippen molar-refractivity contribution in [1.82, 2.24) is 20.4 Å². The number of ether oxygens (including phenoxy) is 1. The average molecular weight is 356 g/mol. The second-order valence-corrected chi connectivity index (χ2v) is 8.18. The smallest absolute Gasteiger partial charge is 0.272 e. The quantitative estimate of drug-likeness (QED) is 0.884. The standard InChI is InChI=1S/C20H28N4O2/c1-4-20(2,3)24-14-9-13(10-15(24)12-26-11-14)21-19(25)18-16-7-5-6-8-17(16)22-23-18/h5-8,13-15H,4,9-12H2,1-3H3,(H,21,25)(H,22,23)/t13?,14-,15+. The lowest BCUT2D eigenvalue weighted by Crippen LogP contribution is -2.66. The van der Waals surface area contributed by atoms with Gasteiger partial charge in [-0.25, -0.2) is 0 Å². The van der Waals surface area contributed by atoms with E-state index in [1.165, 1.54) is 0 Å². The van der Waals surface area contributed by atoms with Gasteiger partial charge in [0.15, 0.2) is 5.69 Å². The Morgan fingerprint density at radius 1 is 1.31 bits per heavy atom. The summed E-state index contributed by atoms with van der Waals surface area (Å²) in [6, 6.07) is 8.63. The van der Waals surface area contributed by atoms with E-state index in [0.29, 0.717) is 17.8 Å². The molecule has 0 spiro atoms.